The number of hydrogen-bond donors (Lipinski definition) is 0. The van der Waals surface area contributed by atoms with Gasteiger partial charge < -0.3 is 4.55 Å². The van der Waals surface area contributed by atoms with Crippen LogP contribution in [-0.4, -0.2) is 32.0 Å². The average molecular weight is 333 g/mol. The summed E-state index contributed by atoms with van der Waals surface area (Å²) in [6, 6.07) is 13.5. The third-order valence-electron chi connectivity index (χ3n) is 3.20. The Bertz CT molecular complexity index is 761. The normalized spacial score (nSPS) is 11.7. The van der Waals surface area contributed by atoms with E-state index in [1.807, 2.05) is 66.5 Å². The van der Waals surface area contributed by atoms with Gasteiger partial charge in [0.1, 0.15) is 6.54 Å². The van der Waals surface area contributed by atoms with Crippen molar-refractivity contribution in [2.45, 2.75) is 13.0 Å². The molecule has 0 fully saturated rings. The Kier molecular flexibility index (Phi) is 5.84. The number of aromatic nitrogens is 1. The number of pyridine rings is 1. The fraction of sp³-hybridized carbons (Fsp3) is 0.250. The van der Waals surface area contributed by atoms with Crippen LogP contribution >= 0.6 is 0 Å². The summed E-state index contributed by atoms with van der Waals surface area (Å²) >= 11 is 0. The monoisotopic (exact) mass is 333 g/mol. The number of nitrogens with zero attached hydrogens (tertiary/aromatic N) is 3. The van der Waals surface area contributed by atoms with Crippen LogP contribution in [0.3, 0.4) is 0 Å². The molecule has 7 heteroatoms. The maximum atomic E-state index is 10.6. The van der Waals surface area contributed by atoms with E-state index in [0.717, 1.165) is 11.3 Å². The van der Waals surface area contributed by atoms with Crippen LogP contribution in [-0.2, 0) is 16.7 Å². The molecule has 23 heavy (non-hydrogen) atoms. The standard InChI is InChI=1S/C16H19N3O3S/c1-18(16-8-3-2-4-9-16)17-13-15-7-5-10-19(14-15)11-6-12-23(20,21)22/h2-5,7-10,13-14H,6,11-12H2,1H3/b17-13+. The highest BCUT2D eigenvalue weighted by Gasteiger charge is 2.04. The molecular weight excluding hydrogens is 314 g/mol. The summed E-state index contributed by atoms with van der Waals surface area (Å²) in [7, 11) is -2.29. The molecular formula is C16H19N3O3S. The average Bonchev–Trinajstić information content (AvgIpc) is 2.53. The molecule has 0 bridgehead atoms. The van der Waals surface area contributed by atoms with Crippen molar-refractivity contribution >= 4 is 22.0 Å². The Morgan fingerprint density at radius 2 is 1.96 bits per heavy atom. The van der Waals surface area contributed by atoms with E-state index in [1.165, 1.54) is 0 Å². The largest absolute Gasteiger partial charge is 0.748 e. The molecule has 6 nitrogen and oxygen atoms in total. The zero-order chi connectivity index (χ0) is 16.7. The van der Waals surface area contributed by atoms with Crippen LogP contribution in [0.15, 0.2) is 60.0 Å². The molecule has 0 aliphatic carbocycles. The lowest BCUT2D eigenvalue weighted by Crippen LogP contribution is -2.34. The zero-order valence-corrected chi connectivity index (χ0v) is 13.7. The van der Waals surface area contributed by atoms with Gasteiger partial charge in [-0.1, -0.05) is 18.2 Å². The highest BCUT2D eigenvalue weighted by molar-refractivity contribution is 7.85. The van der Waals surface area contributed by atoms with Crippen molar-refractivity contribution in [3.8, 4) is 0 Å². The van der Waals surface area contributed by atoms with Crippen molar-refractivity contribution in [3.05, 3.63) is 60.4 Å². The second kappa shape index (κ2) is 7.85. The SMILES string of the molecule is CN(/N=C/c1ccc[n+](CCCS(=O)(=O)[O-])c1)c1ccccc1. The first-order chi connectivity index (χ1) is 10.9. The molecule has 1 heterocycles. The van der Waals surface area contributed by atoms with E-state index < -0.39 is 10.1 Å². The molecule has 0 aliphatic rings. The summed E-state index contributed by atoms with van der Waals surface area (Å²) in [5, 5.41) is 6.14. The minimum absolute atomic E-state index is 0.293. The summed E-state index contributed by atoms with van der Waals surface area (Å²) < 4.78 is 33.7. The van der Waals surface area contributed by atoms with Crippen molar-refractivity contribution in [1.29, 1.82) is 0 Å². The van der Waals surface area contributed by atoms with Crippen molar-refractivity contribution in [2.75, 3.05) is 17.8 Å². The summed E-state index contributed by atoms with van der Waals surface area (Å²) in [5.74, 6) is -0.352. The lowest BCUT2D eigenvalue weighted by atomic mass is 10.3. The molecule has 0 saturated heterocycles. The second-order valence-corrected chi connectivity index (χ2v) is 6.62. The van der Waals surface area contributed by atoms with E-state index >= 15 is 0 Å². The molecule has 0 aliphatic heterocycles. The van der Waals surface area contributed by atoms with Crippen LogP contribution in [0.25, 0.3) is 0 Å². The Hall–Kier alpha value is -2.25. The Morgan fingerprint density at radius 3 is 2.65 bits per heavy atom. The van der Waals surface area contributed by atoms with E-state index in [0.29, 0.717) is 13.0 Å². The van der Waals surface area contributed by atoms with Crippen molar-refractivity contribution < 1.29 is 17.5 Å². The van der Waals surface area contributed by atoms with Gasteiger partial charge in [-0.3, -0.25) is 5.01 Å². The number of aryl methyl sites for hydroxylation is 1. The predicted molar refractivity (Wildman–Crippen MR) is 88.3 cm³/mol. The first kappa shape index (κ1) is 17.1. The van der Waals surface area contributed by atoms with E-state index in [4.69, 9.17) is 0 Å². The number of anilines is 1. The second-order valence-electron chi connectivity index (χ2n) is 5.09. The summed E-state index contributed by atoms with van der Waals surface area (Å²) in [6.45, 7) is 0.470. The Labute approximate surface area is 136 Å². The molecule has 0 radical (unpaired) electrons. The van der Waals surface area contributed by atoms with Gasteiger partial charge in [0.25, 0.3) is 0 Å². The maximum absolute atomic E-state index is 10.6. The fourth-order valence-electron chi connectivity index (χ4n) is 2.05. The third-order valence-corrected chi connectivity index (χ3v) is 3.99. The fourth-order valence-corrected chi connectivity index (χ4v) is 2.53. The number of hydrogen-bond acceptors (Lipinski definition) is 5. The van der Waals surface area contributed by atoms with E-state index in [2.05, 4.69) is 5.10 Å². The highest BCUT2D eigenvalue weighted by Crippen LogP contribution is 2.10. The number of para-hydroxylation sites is 1. The molecule has 0 atom stereocenters. The molecule has 0 unspecified atom stereocenters. The van der Waals surface area contributed by atoms with Gasteiger partial charge in [0, 0.05) is 25.3 Å². The van der Waals surface area contributed by atoms with Crippen molar-refractivity contribution in [3.63, 3.8) is 0 Å². The van der Waals surface area contributed by atoms with Crippen LogP contribution in [0.5, 0.6) is 0 Å². The predicted octanol–water partition coefficient (Wildman–Crippen LogP) is 1.38. The third kappa shape index (κ3) is 6.17. The van der Waals surface area contributed by atoms with Gasteiger partial charge in [-0.05, 0) is 18.2 Å². The van der Waals surface area contributed by atoms with Crippen LogP contribution in [0.1, 0.15) is 12.0 Å². The lowest BCUT2D eigenvalue weighted by Gasteiger charge is -2.11. The molecule has 1 aromatic carbocycles. The minimum atomic E-state index is -4.15. The van der Waals surface area contributed by atoms with Crippen molar-refractivity contribution in [1.82, 2.24) is 0 Å². The van der Waals surface area contributed by atoms with Crippen LogP contribution < -0.4 is 9.58 Å². The van der Waals surface area contributed by atoms with Gasteiger partial charge in [0.05, 0.1) is 27.6 Å². The van der Waals surface area contributed by atoms with Gasteiger partial charge in [-0.25, -0.2) is 13.0 Å². The van der Waals surface area contributed by atoms with E-state index in [9.17, 15) is 13.0 Å². The smallest absolute Gasteiger partial charge is 0.177 e. The van der Waals surface area contributed by atoms with Gasteiger partial charge >= 0.3 is 0 Å². The molecule has 0 saturated carbocycles. The summed E-state index contributed by atoms with van der Waals surface area (Å²) in [6.07, 6.45) is 5.71. The molecule has 1 aromatic heterocycles. The summed E-state index contributed by atoms with van der Waals surface area (Å²) in [4.78, 5) is 0. The van der Waals surface area contributed by atoms with E-state index in [-0.39, 0.29) is 5.75 Å². The number of rotatable bonds is 7. The molecule has 122 valence electrons. The molecule has 0 spiro atoms. The first-order valence-electron chi connectivity index (χ1n) is 7.19. The quantitative estimate of drug-likeness (QED) is 0.332. The van der Waals surface area contributed by atoms with Crippen molar-refractivity contribution in [2.24, 2.45) is 5.10 Å². The van der Waals surface area contributed by atoms with Gasteiger partial charge in [-0.15, -0.1) is 0 Å². The molecule has 2 aromatic rings. The topological polar surface area (TPSA) is 76.7 Å². The molecule has 0 N–H and O–H groups in total. The molecule has 0 amide bonds. The Balaban J connectivity index is 1.98. The highest BCUT2D eigenvalue weighted by atomic mass is 32.2. The zero-order valence-electron chi connectivity index (χ0n) is 12.9. The lowest BCUT2D eigenvalue weighted by molar-refractivity contribution is -0.696. The summed E-state index contributed by atoms with van der Waals surface area (Å²) in [5.41, 5.74) is 1.87. The Morgan fingerprint density at radius 1 is 1.22 bits per heavy atom. The van der Waals surface area contributed by atoms with Crippen LogP contribution in [0.2, 0.25) is 0 Å². The molecule has 2 rings (SSSR count). The number of hydrazone groups is 1. The first-order valence-corrected chi connectivity index (χ1v) is 8.77. The van der Waals surface area contributed by atoms with Crippen LogP contribution in [0.4, 0.5) is 5.69 Å². The minimum Gasteiger partial charge on any atom is -0.748 e. The van der Waals surface area contributed by atoms with Crippen LogP contribution in [0, 0.1) is 0 Å². The maximum Gasteiger partial charge on any atom is 0.177 e. The van der Waals surface area contributed by atoms with E-state index in [1.54, 1.807) is 11.2 Å². The number of benzene rings is 1. The van der Waals surface area contributed by atoms with Gasteiger partial charge in [0.15, 0.2) is 12.4 Å². The van der Waals surface area contributed by atoms with Gasteiger partial charge in [0.2, 0.25) is 0 Å². The van der Waals surface area contributed by atoms with Gasteiger partial charge in [-0.2, -0.15) is 5.10 Å².